The number of nitrogens with one attached hydrogen (secondary N) is 3. The summed E-state index contributed by atoms with van der Waals surface area (Å²) >= 11 is 11.8. The van der Waals surface area contributed by atoms with Crippen molar-refractivity contribution in [3.05, 3.63) is 99.8 Å². The molecule has 184 valence electrons. The minimum Gasteiger partial charge on any atom is -0.325 e. The van der Waals surface area contributed by atoms with Gasteiger partial charge in [-0.3, -0.25) is 9.89 Å². The molecule has 3 N–H and O–H groups in total. The predicted octanol–water partition coefficient (Wildman–Crippen LogP) is 7.26. The fraction of sp³-hybridized carbons (Fsp3) is 0.0417. The van der Waals surface area contributed by atoms with Gasteiger partial charge in [0.1, 0.15) is 5.82 Å². The summed E-state index contributed by atoms with van der Waals surface area (Å²) in [6, 6.07) is 15.8. The molecule has 0 unspecified atom stereocenters. The Morgan fingerprint density at radius 2 is 1.58 bits per heavy atom. The van der Waals surface area contributed by atoms with Gasteiger partial charge in [0, 0.05) is 27.4 Å². The highest BCUT2D eigenvalue weighted by Crippen LogP contribution is 2.29. The maximum Gasteiger partial charge on any atom is 0.416 e. The lowest BCUT2D eigenvalue weighted by atomic mass is 10.1. The molecule has 0 aliphatic heterocycles. The Hall–Kier alpha value is -3.89. The Labute approximate surface area is 212 Å². The van der Waals surface area contributed by atoms with Gasteiger partial charge in [-0.15, -0.1) is 0 Å². The largest absolute Gasteiger partial charge is 0.416 e. The van der Waals surface area contributed by atoms with Crippen molar-refractivity contribution in [2.24, 2.45) is 4.99 Å². The first-order valence-electron chi connectivity index (χ1n) is 10.2. The van der Waals surface area contributed by atoms with Crippen molar-refractivity contribution in [1.82, 2.24) is 10.2 Å². The maximum absolute atomic E-state index is 13.8. The molecule has 4 rings (SSSR count). The van der Waals surface area contributed by atoms with Gasteiger partial charge in [0.15, 0.2) is 5.82 Å². The van der Waals surface area contributed by atoms with E-state index < -0.39 is 23.5 Å². The summed E-state index contributed by atoms with van der Waals surface area (Å²) in [4.78, 5) is 16.6. The van der Waals surface area contributed by atoms with E-state index in [4.69, 9.17) is 23.2 Å². The third-order valence-corrected chi connectivity index (χ3v) is 5.25. The van der Waals surface area contributed by atoms with Crippen molar-refractivity contribution in [2.75, 3.05) is 10.6 Å². The number of aromatic amines is 1. The minimum absolute atomic E-state index is 0.0924. The van der Waals surface area contributed by atoms with Crippen LogP contribution in [0.25, 0.3) is 11.3 Å². The van der Waals surface area contributed by atoms with E-state index in [0.717, 1.165) is 42.0 Å². The van der Waals surface area contributed by atoms with Gasteiger partial charge in [-0.2, -0.15) is 23.3 Å². The number of rotatable bonds is 4. The van der Waals surface area contributed by atoms with E-state index in [1.165, 1.54) is 6.07 Å². The lowest BCUT2D eigenvalue weighted by Crippen LogP contribution is -2.24. The number of benzene rings is 3. The number of amides is 1. The number of alkyl halides is 3. The smallest absolute Gasteiger partial charge is 0.325 e. The van der Waals surface area contributed by atoms with Crippen LogP contribution in [0.1, 0.15) is 15.9 Å². The second-order valence-corrected chi connectivity index (χ2v) is 8.30. The van der Waals surface area contributed by atoms with Crippen LogP contribution < -0.4 is 10.6 Å². The second kappa shape index (κ2) is 10.4. The number of anilines is 2. The average Bonchev–Trinajstić information content (AvgIpc) is 3.26. The summed E-state index contributed by atoms with van der Waals surface area (Å²) in [6.07, 6.45) is -4.54. The number of carbonyl (C=O) groups is 1. The number of nitrogens with zero attached hydrogens (tertiary/aromatic N) is 2. The van der Waals surface area contributed by atoms with E-state index in [0.29, 0.717) is 10.7 Å². The van der Waals surface area contributed by atoms with Crippen molar-refractivity contribution in [3.63, 3.8) is 0 Å². The van der Waals surface area contributed by atoms with Crippen LogP contribution in [-0.4, -0.2) is 22.1 Å². The van der Waals surface area contributed by atoms with E-state index in [9.17, 15) is 22.4 Å². The molecule has 0 fully saturated rings. The topological polar surface area (TPSA) is 82.2 Å². The highest BCUT2D eigenvalue weighted by atomic mass is 35.5. The molecule has 0 radical (unpaired) electrons. The lowest BCUT2D eigenvalue weighted by Gasteiger charge is -2.11. The number of guanidine groups is 1. The molecule has 0 atom stereocenters. The van der Waals surface area contributed by atoms with Gasteiger partial charge >= 0.3 is 6.18 Å². The minimum atomic E-state index is -4.54. The van der Waals surface area contributed by atoms with Crippen molar-refractivity contribution < 1.29 is 22.4 Å². The van der Waals surface area contributed by atoms with Crippen LogP contribution in [0.3, 0.4) is 0 Å². The summed E-state index contributed by atoms with van der Waals surface area (Å²) in [7, 11) is 0. The average molecular weight is 536 g/mol. The number of carbonyl (C=O) groups excluding carboxylic acids is 1. The zero-order valence-corrected chi connectivity index (χ0v) is 19.5. The quantitative estimate of drug-likeness (QED) is 0.146. The number of aliphatic imine (C=N–C) groups is 1. The van der Waals surface area contributed by atoms with Gasteiger partial charge in [-0.25, -0.2) is 4.39 Å². The highest BCUT2D eigenvalue weighted by molar-refractivity contribution is 6.31. The van der Waals surface area contributed by atoms with E-state index in [-0.39, 0.29) is 28.1 Å². The third kappa shape index (κ3) is 6.41. The van der Waals surface area contributed by atoms with Crippen molar-refractivity contribution >= 4 is 46.6 Å². The van der Waals surface area contributed by atoms with Gasteiger partial charge in [-0.05, 0) is 60.2 Å². The van der Waals surface area contributed by atoms with Crippen LogP contribution in [0.4, 0.5) is 29.1 Å². The molecule has 1 aromatic heterocycles. The summed E-state index contributed by atoms with van der Waals surface area (Å²) in [5.74, 6) is -1.41. The molecular weight excluding hydrogens is 521 g/mol. The molecule has 1 amide bonds. The summed E-state index contributed by atoms with van der Waals surface area (Å²) < 4.78 is 52.3. The van der Waals surface area contributed by atoms with Crippen LogP contribution in [0.2, 0.25) is 10.0 Å². The Morgan fingerprint density at radius 3 is 2.22 bits per heavy atom. The Kier molecular flexibility index (Phi) is 7.27. The van der Waals surface area contributed by atoms with Crippen molar-refractivity contribution in [2.45, 2.75) is 6.18 Å². The number of H-pyrrole nitrogens is 1. The first-order chi connectivity index (χ1) is 17.1. The normalized spacial score (nSPS) is 11.9. The van der Waals surface area contributed by atoms with Crippen LogP contribution in [0.5, 0.6) is 0 Å². The molecule has 0 aliphatic rings. The highest BCUT2D eigenvalue weighted by Gasteiger charge is 2.30. The number of halogens is 6. The molecule has 1 heterocycles. The molecular formula is C24H15Cl2F4N5O. The molecule has 6 nitrogen and oxygen atoms in total. The zero-order chi connectivity index (χ0) is 25.9. The van der Waals surface area contributed by atoms with E-state index in [1.54, 1.807) is 30.3 Å². The van der Waals surface area contributed by atoms with Crippen LogP contribution in [0.15, 0.2) is 77.8 Å². The fourth-order valence-electron chi connectivity index (χ4n) is 3.10. The molecule has 36 heavy (non-hydrogen) atoms. The first-order valence-corrected chi connectivity index (χ1v) is 10.9. The Morgan fingerprint density at radius 1 is 0.889 bits per heavy atom. The van der Waals surface area contributed by atoms with Crippen molar-refractivity contribution in [3.8, 4) is 11.3 Å². The molecule has 4 aromatic rings. The maximum atomic E-state index is 13.8. The number of hydrogen-bond donors (Lipinski definition) is 3. The van der Waals surface area contributed by atoms with E-state index in [1.807, 2.05) is 0 Å². The molecule has 0 spiro atoms. The van der Waals surface area contributed by atoms with Gasteiger partial charge in [0.05, 0.1) is 11.3 Å². The van der Waals surface area contributed by atoms with Gasteiger partial charge in [-0.1, -0.05) is 35.3 Å². The standard InChI is InChI=1S/C24H15Cl2F4N5O/c25-16-7-3-13(4-8-16)20-12-21(35-34-20)32-23(31-19-10-17(26)9-18(27)11-19)33-22(36)14-1-5-15(6-2-14)24(28,29)30/h1-12H,(H3,31,32,33,34,35,36). The molecule has 0 saturated carbocycles. The van der Waals surface area contributed by atoms with Crippen LogP contribution >= 0.6 is 23.2 Å². The van der Waals surface area contributed by atoms with E-state index >= 15 is 0 Å². The summed E-state index contributed by atoms with van der Waals surface area (Å²) in [5, 5.41) is 13.2. The molecule has 12 heteroatoms. The van der Waals surface area contributed by atoms with Crippen LogP contribution in [0, 0.1) is 5.82 Å². The summed E-state index contributed by atoms with van der Waals surface area (Å²) in [6.45, 7) is 0. The Balaban J connectivity index is 1.62. The third-order valence-electron chi connectivity index (χ3n) is 4.78. The summed E-state index contributed by atoms with van der Waals surface area (Å²) in [5.41, 5.74) is 0.575. The first kappa shape index (κ1) is 25.2. The number of hydrogen-bond acceptors (Lipinski definition) is 2. The second-order valence-electron chi connectivity index (χ2n) is 7.42. The molecule has 3 aromatic carbocycles. The molecule has 0 aliphatic carbocycles. The van der Waals surface area contributed by atoms with Crippen molar-refractivity contribution in [1.29, 1.82) is 0 Å². The molecule has 0 saturated heterocycles. The van der Waals surface area contributed by atoms with Gasteiger partial charge in [0.25, 0.3) is 5.91 Å². The van der Waals surface area contributed by atoms with Gasteiger partial charge < -0.3 is 10.6 Å². The predicted molar refractivity (Wildman–Crippen MR) is 131 cm³/mol. The zero-order valence-electron chi connectivity index (χ0n) is 18.0. The number of aromatic nitrogens is 2. The Bertz CT molecular complexity index is 1400. The van der Waals surface area contributed by atoms with Crippen LogP contribution in [-0.2, 0) is 6.18 Å². The monoisotopic (exact) mass is 535 g/mol. The lowest BCUT2D eigenvalue weighted by molar-refractivity contribution is -0.137. The molecule has 0 bridgehead atoms. The van der Waals surface area contributed by atoms with E-state index in [2.05, 4.69) is 25.8 Å². The SMILES string of the molecule is O=C(/N=C(/Nc1cc(F)cc(Cl)c1)Nc1cc(-c2ccc(Cl)cc2)[nH]n1)c1ccc(C(F)(F)F)cc1. The fourth-order valence-corrected chi connectivity index (χ4v) is 3.45. The van der Waals surface area contributed by atoms with Gasteiger partial charge in [0.2, 0.25) is 5.96 Å².